The van der Waals surface area contributed by atoms with Crippen molar-refractivity contribution < 1.29 is 4.74 Å². The lowest BCUT2D eigenvalue weighted by molar-refractivity contribution is -0.0542. The standard InChI is InChI=1S/C30H43NO/c1-6-30(20-32-5)18-17-27-25-16-13-21-9-7-8-10-24(21)28(25)26(19-29(27,30)2)22-11-14-23(15-12-22)31(3)4/h9,11-12,14-15,25-27H,6-8,10,13,16-20H2,1-5H3/t25-,26?,27-,29-,30-/m0/s1. The van der Waals surface area contributed by atoms with Crippen LogP contribution in [0.2, 0.25) is 0 Å². The summed E-state index contributed by atoms with van der Waals surface area (Å²) in [4.78, 5) is 2.22. The molecule has 0 saturated heterocycles. The Bertz CT molecular complexity index is 909. The van der Waals surface area contributed by atoms with Gasteiger partial charge in [0.05, 0.1) is 6.61 Å². The number of rotatable bonds is 5. The highest BCUT2D eigenvalue weighted by molar-refractivity contribution is 5.51. The molecule has 174 valence electrons. The SMILES string of the molecule is CC[C@@]1(COC)CC[C@H]2[C@@H]3CCC4=CCCCC4=C3C(c3ccc(N(C)C)cc3)C[C@@]21C. The predicted octanol–water partition coefficient (Wildman–Crippen LogP) is 7.52. The molecule has 0 amide bonds. The maximum Gasteiger partial charge on any atom is 0.0523 e. The molecule has 0 N–H and O–H groups in total. The Morgan fingerprint density at radius 3 is 2.56 bits per heavy atom. The molecule has 1 aromatic carbocycles. The molecule has 2 saturated carbocycles. The topological polar surface area (TPSA) is 12.5 Å². The van der Waals surface area contributed by atoms with Crippen molar-refractivity contribution in [3.8, 4) is 0 Å². The molecule has 0 aliphatic heterocycles. The van der Waals surface area contributed by atoms with Gasteiger partial charge in [0.1, 0.15) is 0 Å². The van der Waals surface area contributed by atoms with Gasteiger partial charge in [-0.05, 0) is 109 Å². The summed E-state index contributed by atoms with van der Waals surface area (Å²) < 4.78 is 5.91. The highest BCUT2D eigenvalue weighted by atomic mass is 16.5. The second kappa shape index (κ2) is 8.35. The van der Waals surface area contributed by atoms with Crippen LogP contribution in [0.25, 0.3) is 0 Å². The van der Waals surface area contributed by atoms with E-state index in [1.54, 1.807) is 16.7 Å². The summed E-state index contributed by atoms with van der Waals surface area (Å²) in [5, 5.41) is 0. The average molecular weight is 434 g/mol. The lowest BCUT2D eigenvalue weighted by Gasteiger charge is -2.56. The summed E-state index contributed by atoms with van der Waals surface area (Å²) >= 11 is 0. The molecule has 2 heteroatoms. The van der Waals surface area contributed by atoms with Gasteiger partial charge in [-0.25, -0.2) is 0 Å². The number of nitrogens with zero attached hydrogens (tertiary/aromatic N) is 1. The number of allylic oxidation sites excluding steroid dienone is 4. The minimum absolute atomic E-state index is 0.327. The summed E-state index contributed by atoms with van der Waals surface area (Å²) in [5.74, 6) is 2.15. The van der Waals surface area contributed by atoms with E-state index in [0.717, 1.165) is 18.4 Å². The molecule has 1 unspecified atom stereocenters. The molecule has 5 rings (SSSR count). The fourth-order valence-electron chi connectivity index (χ4n) is 8.47. The minimum atomic E-state index is 0.327. The van der Waals surface area contributed by atoms with Crippen LogP contribution in [0.5, 0.6) is 0 Å². The molecule has 32 heavy (non-hydrogen) atoms. The summed E-state index contributed by atoms with van der Waals surface area (Å²) in [6.45, 7) is 6.00. The van der Waals surface area contributed by atoms with Crippen LogP contribution in [-0.4, -0.2) is 27.8 Å². The molecular weight excluding hydrogens is 390 g/mol. The third-order valence-corrected chi connectivity index (χ3v) is 10.2. The molecule has 2 fully saturated rings. The third kappa shape index (κ3) is 3.23. The van der Waals surface area contributed by atoms with Crippen LogP contribution in [-0.2, 0) is 4.74 Å². The third-order valence-electron chi connectivity index (χ3n) is 10.2. The summed E-state index contributed by atoms with van der Waals surface area (Å²) in [7, 11) is 6.20. The molecule has 0 radical (unpaired) electrons. The smallest absolute Gasteiger partial charge is 0.0523 e. The van der Waals surface area contributed by atoms with Gasteiger partial charge in [0.2, 0.25) is 0 Å². The summed E-state index contributed by atoms with van der Waals surface area (Å²) in [6.07, 6.45) is 14.5. The van der Waals surface area contributed by atoms with Gasteiger partial charge in [-0.15, -0.1) is 0 Å². The van der Waals surface area contributed by atoms with Gasteiger partial charge in [-0.1, -0.05) is 37.6 Å². The number of ether oxygens (including phenoxy) is 1. The van der Waals surface area contributed by atoms with Gasteiger partial charge in [-0.3, -0.25) is 0 Å². The number of fused-ring (bicyclic) bond motifs is 4. The van der Waals surface area contributed by atoms with E-state index in [2.05, 4.69) is 63.2 Å². The van der Waals surface area contributed by atoms with Crippen molar-refractivity contribution in [2.75, 3.05) is 32.7 Å². The van der Waals surface area contributed by atoms with Crippen LogP contribution in [0.4, 0.5) is 5.69 Å². The van der Waals surface area contributed by atoms with Crippen LogP contribution in [0, 0.1) is 22.7 Å². The highest BCUT2D eigenvalue weighted by Crippen LogP contribution is 2.70. The molecule has 0 aromatic heterocycles. The van der Waals surface area contributed by atoms with Gasteiger partial charge < -0.3 is 9.64 Å². The Labute approximate surface area is 196 Å². The first-order valence-corrected chi connectivity index (χ1v) is 13.1. The monoisotopic (exact) mass is 433 g/mol. The van der Waals surface area contributed by atoms with Crippen LogP contribution in [0.15, 0.2) is 47.1 Å². The lowest BCUT2D eigenvalue weighted by atomic mass is 9.48. The fraction of sp³-hybridized carbons (Fsp3) is 0.667. The zero-order valence-electron chi connectivity index (χ0n) is 21.0. The number of anilines is 1. The van der Waals surface area contributed by atoms with Gasteiger partial charge in [-0.2, -0.15) is 0 Å². The zero-order chi connectivity index (χ0) is 22.5. The number of benzene rings is 1. The molecule has 0 heterocycles. The first-order valence-electron chi connectivity index (χ1n) is 13.1. The molecule has 0 spiro atoms. The van der Waals surface area contributed by atoms with Crippen molar-refractivity contribution in [1.82, 2.24) is 0 Å². The van der Waals surface area contributed by atoms with Gasteiger partial charge in [0, 0.05) is 32.8 Å². The number of methoxy groups -OCH3 is 1. The zero-order valence-corrected chi connectivity index (χ0v) is 21.0. The van der Waals surface area contributed by atoms with Crippen molar-refractivity contribution >= 4 is 5.69 Å². The maximum absolute atomic E-state index is 5.91. The normalized spacial score (nSPS) is 36.3. The van der Waals surface area contributed by atoms with Gasteiger partial charge >= 0.3 is 0 Å². The molecule has 4 aliphatic carbocycles. The second-order valence-electron chi connectivity index (χ2n) is 11.6. The van der Waals surface area contributed by atoms with E-state index < -0.39 is 0 Å². The van der Waals surface area contributed by atoms with E-state index in [4.69, 9.17) is 4.74 Å². The molecular formula is C30H43NO. The van der Waals surface area contributed by atoms with Crippen LogP contribution in [0.3, 0.4) is 0 Å². The maximum atomic E-state index is 5.91. The highest BCUT2D eigenvalue weighted by Gasteiger charge is 2.62. The molecule has 2 nitrogen and oxygen atoms in total. The van der Waals surface area contributed by atoms with Crippen molar-refractivity contribution in [1.29, 1.82) is 0 Å². The van der Waals surface area contributed by atoms with Crippen molar-refractivity contribution in [3.05, 3.63) is 52.6 Å². The molecule has 4 aliphatic rings. The quantitative estimate of drug-likeness (QED) is 0.476. The summed E-state index contributed by atoms with van der Waals surface area (Å²) in [6, 6.07) is 9.55. The molecule has 0 bridgehead atoms. The fourth-order valence-corrected chi connectivity index (χ4v) is 8.47. The van der Waals surface area contributed by atoms with Gasteiger partial charge in [0.15, 0.2) is 0 Å². The Balaban J connectivity index is 1.64. The molecule has 1 aromatic rings. The summed E-state index contributed by atoms with van der Waals surface area (Å²) in [5.41, 5.74) is 8.86. The van der Waals surface area contributed by atoms with E-state index in [9.17, 15) is 0 Å². The van der Waals surface area contributed by atoms with Crippen molar-refractivity contribution in [2.45, 2.75) is 77.6 Å². The van der Waals surface area contributed by atoms with E-state index >= 15 is 0 Å². The molecule has 5 atom stereocenters. The Morgan fingerprint density at radius 2 is 1.88 bits per heavy atom. The van der Waals surface area contributed by atoms with Crippen molar-refractivity contribution in [3.63, 3.8) is 0 Å². The number of hydrogen-bond acceptors (Lipinski definition) is 2. The van der Waals surface area contributed by atoms with E-state index in [0.29, 0.717) is 16.7 Å². The van der Waals surface area contributed by atoms with Crippen LogP contribution < -0.4 is 4.90 Å². The Kier molecular flexibility index (Phi) is 5.81. The predicted molar refractivity (Wildman–Crippen MR) is 135 cm³/mol. The second-order valence-corrected chi connectivity index (χ2v) is 11.6. The lowest BCUT2D eigenvalue weighted by Crippen LogP contribution is -2.49. The van der Waals surface area contributed by atoms with Crippen molar-refractivity contribution in [2.24, 2.45) is 22.7 Å². The van der Waals surface area contributed by atoms with Crippen LogP contribution >= 0.6 is 0 Å². The van der Waals surface area contributed by atoms with E-state index in [-0.39, 0.29) is 0 Å². The number of hydrogen-bond donors (Lipinski definition) is 0. The average Bonchev–Trinajstić information content (AvgIpc) is 3.11. The van der Waals surface area contributed by atoms with E-state index in [1.807, 2.05) is 12.7 Å². The first-order chi connectivity index (χ1) is 15.4. The van der Waals surface area contributed by atoms with Crippen LogP contribution in [0.1, 0.15) is 83.1 Å². The largest absolute Gasteiger partial charge is 0.384 e. The van der Waals surface area contributed by atoms with Gasteiger partial charge in [0.25, 0.3) is 0 Å². The first kappa shape index (κ1) is 22.3. The Morgan fingerprint density at radius 1 is 1.09 bits per heavy atom. The minimum Gasteiger partial charge on any atom is -0.384 e. The van der Waals surface area contributed by atoms with E-state index in [1.165, 1.54) is 63.5 Å². The Hall–Kier alpha value is -1.54.